The molecule has 1 aliphatic carbocycles. The Morgan fingerprint density at radius 1 is 1.33 bits per heavy atom. The van der Waals surface area contributed by atoms with Gasteiger partial charge in [0, 0.05) is 12.6 Å². The first-order valence-corrected chi connectivity index (χ1v) is 7.64. The lowest BCUT2D eigenvalue weighted by Gasteiger charge is -2.17. The number of rotatable bonds is 6. The van der Waals surface area contributed by atoms with E-state index in [4.69, 9.17) is 5.11 Å². The number of thioether (sulfide) groups is 1. The number of amides is 2. The lowest BCUT2D eigenvalue weighted by molar-refractivity contribution is -0.137. The van der Waals surface area contributed by atoms with Crippen LogP contribution >= 0.6 is 11.8 Å². The quantitative estimate of drug-likeness (QED) is 0.681. The maximum absolute atomic E-state index is 11.7. The van der Waals surface area contributed by atoms with Crippen LogP contribution in [0.15, 0.2) is 0 Å². The fraction of sp³-hybridized carbons (Fsp3) is 0.833. The van der Waals surface area contributed by atoms with Gasteiger partial charge in [0.1, 0.15) is 0 Å². The van der Waals surface area contributed by atoms with E-state index in [1.54, 1.807) is 0 Å². The molecule has 2 amide bonds. The Kier molecular flexibility index (Phi) is 4.74. The van der Waals surface area contributed by atoms with Gasteiger partial charge < -0.3 is 15.7 Å². The van der Waals surface area contributed by atoms with Gasteiger partial charge in [0.15, 0.2) is 0 Å². The number of carbonyl (C=O) groups excluding carboxylic acids is 1. The lowest BCUT2D eigenvalue weighted by atomic mass is 10.1. The molecule has 0 spiro atoms. The van der Waals surface area contributed by atoms with E-state index >= 15 is 0 Å². The first-order valence-electron chi connectivity index (χ1n) is 6.49. The van der Waals surface area contributed by atoms with E-state index in [9.17, 15) is 9.59 Å². The highest BCUT2D eigenvalue weighted by molar-refractivity contribution is 7.99. The van der Waals surface area contributed by atoms with Crippen molar-refractivity contribution in [1.82, 2.24) is 10.6 Å². The number of carboxylic acid groups (broad SMARTS) is 1. The van der Waals surface area contributed by atoms with Crippen LogP contribution in [0.2, 0.25) is 0 Å². The standard InChI is InChI=1S/C12H20N2O3S/c15-11(16)5-10(9-1-2-9)14-12(17)13-6-8-3-4-18-7-8/h8-10H,1-7H2,(H,15,16)(H2,13,14,17). The molecule has 1 saturated heterocycles. The number of hydrogen-bond acceptors (Lipinski definition) is 3. The number of carbonyl (C=O) groups is 2. The summed E-state index contributed by atoms with van der Waals surface area (Å²) in [5, 5.41) is 14.5. The average molecular weight is 272 g/mol. The zero-order valence-corrected chi connectivity index (χ0v) is 11.2. The van der Waals surface area contributed by atoms with Gasteiger partial charge in [-0.05, 0) is 42.6 Å². The van der Waals surface area contributed by atoms with Crippen LogP contribution in [0.3, 0.4) is 0 Å². The number of urea groups is 1. The van der Waals surface area contributed by atoms with Crippen molar-refractivity contribution in [3.63, 3.8) is 0 Å². The summed E-state index contributed by atoms with van der Waals surface area (Å²) in [6, 6.07) is -0.425. The highest BCUT2D eigenvalue weighted by Gasteiger charge is 2.33. The van der Waals surface area contributed by atoms with Crippen LogP contribution in [0.5, 0.6) is 0 Å². The molecular weight excluding hydrogens is 252 g/mol. The van der Waals surface area contributed by atoms with Crippen LogP contribution in [-0.2, 0) is 4.79 Å². The van der Waals surface area contributed by atoms with Crippen LogP contribution < -0.4 is 10.6 Å². The third-order valence-corrected chi connectivity index (χ3v) is 4.71. The van der Waals surface area contributed by atoms with Crippen molar-refractivity contribution >= 4 is 23.8 Å². The molecule has 0 aromatic rings. The molecule has 102 valence electrons. The Balaban J connectivity index is 1.68. The predicted molar refractivity (Wildman–Crippen MR) is 70.7 cm³/mol. The fourth-order valence-electron chi connectivity index (χ4n) is 2.22. The van der Waals surface area contributed by atoms with Crippen molar-refractivity contribution in [2.24, 2.45) is 11.8 Å². The monoisotopic (exact) mass is 272 g/mol. The summed E-state index contributed by atoms with van der Waals surface area (Å²) in [5.74, 6) is 2.37. The summed E-state index contributed by atoms with van der Waals surface area (Å²) in [5.41, 5.74) is 0. The van der Waals surface area contributed by atoms with Gasteiger partial charge in [0.25, 0.3) is 0 Å². The topological polar surface area (TPSA) is 78.4 Å². The molecule has 0 bridgehead atoms. The van der Waals surface area contributed by atoms with Crippen LogP contribution in [0.1, 0.15) is 25.7 Å². The molecule has 18 heavy (non-hydrogen) atoms. The molecular formula is C12H20N2O3S. The van der Waals surface area contributed by atoms with E-state index in [2.05, 4.69) is 10.6 Å². The van der Waals surface area contributed by atoms with Gasteiger partial charge in [0.2, 0.25) is 0 Å². The highest BCUT2D eigenvalue weighted by Crippen LogP contribution is 2.34. The number of aliphatic carboxylic acids is 1. The van der Waals surface area contributed by atoms with Gasteiger partial charge in [-0.3, -0.25) is 4.79 Å². The number of hydrogen-bond donors (Lipinski definition) is 3. The maximum atomic E-state index is 11.7. The summed E-state index contributed by atoms with van der Waals surface area (Å²) in [6.07, 6.45) is 3.23. The summed E-state index contributed by atoms with van der Waals surface area (Å²) in [7, 11) is 0. The highest BCUT2D eigenvalue weighted by atomic mass is 32.2. The van der Waals surface area contributed by atoms with Gasteiger partial charge in [-0.2, -0.15) is 11.8 Å². The second kappa shape index (κ2) is 6.31. The summed E-state index contributed by atoms with van der Waals surface area (Å²) in [4.78, 5) is 22.4. The first-order chi connectivity index (χ1) is 8.65. The molecule has 3 N–H and O–H groups in total. The second-order valence-corrected chi connectivity index (χ2v) is 6.28. The molecule has 6 heteroatoms. The van der Waals surface area contributed by atoms with E-state index in [0.29, 0.717) is 18.4 Å². The molecule has 0 radical (unpaired) electrons. The lowest BCUT2D eigenvalue weighted by Crippen LogP contribution is -2.45. The second-order valence-electron chi connectivity index (χ2n) is 5.13. The molecule has 0 aromatic heterocycles. The fourth-order valence-corrected chi connectivity index (χ4v) is 3.51. The molecule has 1 heterocycles. The zero-order valence-electron chi connectivity index (χ0n) is 10.4. The van der Waals surface area contributed by atoms with E-state index in [0.717, 1.165) is 25.0 Å². The predicted octanol–water partition coefficient (Wildman–Crippen LogP) is 1.29. The normalized spacial score (nSPS) is 24.6. The third-order valence-electron chi connectivity index (χ3n) is 3.48. The molecule has 1 aliphatic heterocycles. The smallest absolute Gasteiger partial charge is 0.315 e. The van der Waals surface area contributed by atoms with Crippen LogP contribution in [0, 0.1) is 11.8 Å². The van der Waals surface area contributed by atoms with Crippen LogP contribution in [0.4, 0.5) is 4.79 Å². The summed E-state index contributed by atoms with van der Waals surface area (Å²) < 4.78 is 0. The largest absolute Gasteiger partial charge is 0.481 e. The molecule has 2 fully saturated rings. The van der Waals surface area contributed by atoms with E-state index < -0.39 is 5.97 Å². The zero-order chi connectivity index (χ0) is 13.0. The van der Waals surface area contributed by atoms with Crippen molar-refractivity contribution in [3.8, 4) is 0 Å². The van der Waals surface area contributed by atoms with Crippen molar-refractivity contribution < 1.29 is 14.7 Å². The number of nitrogens with one attached hydrogen (secondary N) is 2. The first kappa shape index (κ1) is 13.5. The van der Waals surface area contributed by atoms with E-state index in [1.807, 2.05) is 11.8 Å². The molecule has 2 rings (SSSR count). The van der Waals surface area contributed by atoms with Crippen LogP contribution in [0.25, 0.3) is 0 Å². The Bertz CT molecular complexity index is 314. The molecule has 2 atom stereocenters. The van der Waals surface area contributed by atoms with Gasteiger partial charge >= 0.3 is 12.0 Å². The van der Waals surface area contributed by atoms with E-state index in [1.165, 1.54) is 5.75 Å². The summed E-state index contributed by atoms with van der Waals surface area (Å²) in [6.45, 7) is 0.698. The Morgan fingerprint density at radius 3 is 2.67 bits per heavy atom. The van der Waals surface area contributed by atoms with Crippen LogP contribution in [-0.4, -0.2) is 41.2 Å². The van der Waals surface area contributed by atoms with Gasteiger partial charge in [-0.15, -0.1) is 0 Å². The molecule has 5 nitrogen and oxygen atoms in total. The molecule has 2 unspecified atom stereocenters. The maximum Gasteiger partial charge on any atom is 0.315 e. The Labute approximate surface area is 111 Å². The van der Waals surface area contributed by atoms with Gasteiger partial charge in [0.05, 0.1) is 6.42 Å². The molecule has 0 aromatic carbocycles. The van der Waals surface area contributed by atoms with Crippen molar-refractivity contribution in [2.75, 3.05) is 18.1 Å². The van der Waals surface area contributed by atoms with Crippen molar-refractivity contribution in [1.29, 1.82) is 0 Å². The minimum atomic E-state index is -0.848. The molecule has 1 saturated carbocycles. The third kappa shape index (κ3) is 4.40. The Morgan fingerprint density at radius 2 is 2.11 bits per heavy atom. The van der Waals surface area contributed by atoms with E-state index in [-0.39, 0.29) is 18.5 Å². The average Bonchev–Trinajstić information content (AvgIpc) is 3.02. The van der Waals surface area contributed by atoms with Crippen molar-refractivity contribution in [2.45, 2.75) is 31.7 Å². The SMILES string of the molecule is O=C(O)CC(NC(=O)NCC1CCSC1)C1CC1. The molecule has 2 aliphatic rings. The minimum Gasteiger partial charge on any atom is -0.481 e. The Hall–Kier alpha value is -0.910. The van der Waals surface area contributed by atoms with Gasteiger partial charge in [-0.25, -0.2) is 4.79 Å². The number of carboxylic acids is 1. The van der Waals surface area contributed by atoms with Gasteiger partial charge in [-0.1, -0.05) is 0 Å². The van der Waals surface area contributed by atoms with Crippen molar-refractivity contribution in [3.05, 3.63) is 0 Å². The summed E-state index contributed by atoms with van der Waals surface area (Å²) >= 11 is 1.92. The minimum absolute atomic E-state index is 0.0252.